The van der Waals surface area contributed by atoms with Crippen molar-refractivity contribution >= 4 is 11.7 Å². The Morgan fingerprint density at radius 2 is 1.87 bits per heavy atom. The molecule has 0 spiro atoms. The molecule has 0 aliphatic carbocycles. The van der Waals surface area contributed by atoms with E-state index in [1.807, 2.05) is 65.4 Å². The molecule has 1 aromatic carbocycles. The molecule has 0 bridgehead atoms. The molecule has 6 heteroatoms. The number of nitrogens with zero attached hydrogens (tertiary/aromatic N) is 4. The van der Waals surface area contributed by atoms with Crippen molar-refractivity contribution in [2.45, 2.75) is 19.1 Å². The summed E-state index contributed by atoms with van der Waals surface area (Å²) in [5, 5.41) is 1.64. The smallest absolute Gasteiger partial charge is 0.227 e. The Labute approximate surface area is 138 Å². The van der Waals surface area contributed by atoms with Gasteiger partial charge in [-0.1, -0.05) is 30.3 Å². The molecule has 2 rings (SSSR count). The fraction of sp³-hybridized carbons (Fsp3) is 0.529. The minimum Gasteiger partial charge on any atom is -0.344 e. The summed E-state index contributed by atoms with van der Waals surface area (Å²) in [4.78, 5) is 26.7. The molecule has 0 fully saturated rings. The van der Waals surface area contributed by atoms with Crippen molar-refractivity contribution in [3.05, 3.63) is 35.9 Å². The standard InChI is InChI=1S/C17H26N4O2/c1-17(13-15(22)20(4)12-11-19(2)3)18-16(21(5)23-17)14-9-7-6-8-10-14/h6-10H,11-13H2,1-5H3. The number of rotatable bonds is 6. The lowest BCUT2D eigenvalue weighted by molar-refractivity contribution is -0.170. The van der Waals surface area contributed by atoms with Crippen molar-refractivity contribution in [3.63, 3.8) is 0 Å². The second-order valence-electron chi connectivity index (χ2n) is 6.36. The molecule has 1 amide bonds. The molecule has 0 saturated carbocycles. The minimum atomic E-state index is -0.858. The van der Waals surface area contributed by atoms with E-state index in [1.165, 1.54) is 0 Å². The Morgan fingerprint density at radius 1 is 1.22 bits per heavy atom. The molecule has 0 saturated heterocycles. The van der Waals surface area contributed by atoms with Crippen molar-refractivity contribution in [3.8, 4) is 0 Å². The molecule has 1 aromatic rings. The highest BCUT2D eigenvalue weighted by Gasteiger charge is 2.38. The number of hydrogen-bond donors (Lipinski definition) is 0. The number of carbonyl (C=O) groups is 1. The predicted octanol–water partition coefficient (Wildman–Crippen LogP) is 1.44. The lowest BCUT2D eigenvalue weighted by atomic mass is 10.1. The molecule has 1 atom stereocenters. The first-order valence-corrected chi connectivity index (χ1v) is 7.77. The summed E-state index contributed by atoms with van der Waals surface area (Å²) in [7, 11) is 7.61. The molecule has 0 radical (unpaired) electrons. The van der Waals surface area contributed by atoms with Crippen LogP contribution in [0, 0.1) is 0 Å². The summed E-state index contributed by atoms with van der Waals surface area (Å²) < 4.78 is 0. The van der Waals surface area contributed by atoms with Gasteiger partial charge in [0, 0.05) is 32.7 Å². The first kappa shape index (κ1) is 17.4. The largest absolute Gasteiger partial charge is 0.344 e. The molecular formula is C17H26N4O2. The third-order valence-corrected chi connectivity index (χ3v) is 3.79. The number of aliphatic imine (C=N–C) groups is 1. The lowest BCUT2D eigenvalue weighted by Gasteiger charge is -2.25. The van der Waals surface area contributed by atoms with Crippen molar-refractivity contribution in [2.24, 2.45) is 4.99 Å². The Morgan fingerprint density at radius 3 is 2.48 bits per heavy atom. The molecule has 1 heterocycles. The van der Waals surface area contributed by atoms with Crippen LogP contribution in [0.15, 0.2) is 35.3 Å². The Balaban J connectivity index is 2.05. The fourth-order valence-corrected chi connectivity index (χ4v) is 2.45. The van der Waals surface area contributed by atoms with Crippen molar-refractivity contribution in [1.82, 2.24) is 14.9 Å². The Hall–Kier alpha value is -1.92. The summed E-state index contributed by atoms with van der Waals surface area (Å²) in [6, 6.07) is 9.84. The summed E-state index contributed by atoms with van der Waals surface area (Å²) in [6.07, 6.45) is 0.220. The van der Waals surface area contributed by atoms with Gasteiger partial charge >= 0.3 is 0 Å². The van der Waals surface area contributed by atoms with Gasteiger partial charge in [0.25, 0.3) is 0 Å². The zero-order valence-corrected chi connectivity index (χ0v) is 14.6. The van der Waals surface area contributed by atoms with Crippen molar-refractivity contribution < 1.29 is 9.63 Å². The summed E-state index contributed by atoms with van der Waals surface area (Å²) in [5.74, 6) is 0.776. The van der Waals surface area contributed by atoms with Gasteiger partial charge in [0.05, 0.1) is 6.42 Å². The average Bonchev–Trinajstić information content (AvgIpc) is 2.80. The van der Waals surface area contributed by atoms with E-state index in [4.69, 9.17) is 4.84 Å². The van der Waals surface area contributed by atoms with Crippen LogP contribution in [0.25, 0.3) is 0 Å². The van der Waals surface area contributed by atoms with Crippen LogP contribution in [0.5, 0.6) is 0 Å². The Kier molecular flexibility index (Phi) is 5.38. The van der Waals surface area contributed by atoms with E-state index in [0.29, 0.717) is 6.54 Å². The topological polar surface area (TPSA) is 48.4 Å². The zero-order chi connectivity index (χ0) is 17.0. The number of carbonyl (C=O) groups excluding carboxylic acids is 1. The highest BCUT2D eigenvalue weighted by molar-refractivity contribution is 5.99. The minimum absolute atomic E-state index is 0.0285. The predicted molar refractivity (Wildman–Crippen MR) is 91.0 cm³/mol. The maximum atomic E-state index is 12.4. The van der Waals surface area contributed by atoms with Crippen LogP contribution in [0.1, 0.15) is 18.9 Å². The highest BCUT2D eigenvalue weighted by atomic mass is 16.7. The molecule has 0 aromatic heterocycles. The molecule has 23 heavy (non-hydrogen) atoms. The summed E-state index contributed by atoms with van der Waals surface area (Å²) in [6.45, 7) is 3.36. The number of amides is 1. The van der Waals surface area contributed by atoms with Gasteiger partial charge in [0.2, 0.25) is 5.91 Å². The second kappa shape index (κ2) is 7.10. The molecule has 1 aliphatic rings. The quantitative estimate of drug-likeness (QED) is 0.796. The third kappa shape index (κ3) is 4.53. The van der Waals surface area contributed by atoms with Gasteiger partial charge in [0.1, 0.15) is 0 Å². The third-order valence-electron chi connectivity index (χ3n) is 3.79. The van der Waals surface area contributed by atoms with Gasteiger partial charge < -0.3 is 9.80 Å². The fourth-order valence-electron chi connectivity index (χ4n) is 2.45. The monoisotopic (exact) mass is 318 g/mol. The first-order valence-electron chi connectivity index (χ1n) is 7.77. The highest BCUT2D eigenvalue weighted by Crippen LogP contribution is 2.28. The molecule has 126 valence electrons. The van der Waals surface area contributed by atoms with E-state index >= 15 is 0 Å². The molecule has 0 N–H and O–H groups in total. The van der Waals surface area contributed by atoms with Gasteiger partial charge in [-0.15, -0.1) is 0 Å². The number of likely N-dealkylation sites (N-methyl/N-ethyl adjacent to an activating group) is 2. The van der Waals surface area contributed by atoms with E-state index in [1.54, 1.807) is 9.96 Å². The van der Waals surface area contributed by atoms with Crippen LogP contribution in [0.2, 0.25) is 0 Å². The maximum Gasteiger partial charge on any atom is 0.227 e. The van der Waals surface area contributed by atoms with E-state index < -0.39 is 5.72 Å². The molecule has 6 nitrogen and oxygen atoms in total. The zero-order valence-electron chi connectivity index (χ0n) is 14.6. The SMILES string of the molecule is CN(C)CCN(C)C(=O)CC1(C)N=C(c2ccccc2)N(C)O1. The molecule has 1 aliphatic heterocycles. The number of hydrogen-bond acceptors (Lipinski definition) is 5. The van der Waals surface area contributed by atoms with Gasteiger partial charge in [-0.2, -0.15) is 0 Å². The van der Waals surface area contributed by atoms with Gasteiger partial charge in [-0.05, 0) is 21.0 Å². The van der Waals surface area contributed by atoms with E-state index in [2.05, 4.69) is 9.89 Å². The Bertz CT molecular complexity index is 573. The van der Waals surface area contributed by atoms with Crippen LogP contribution in [0.3, 0.4) is 0 Å². The van der Waals surface area contributed by atoms with E-state index in [-0.39, 0.29) is 12.3 Å². The normalized spacial score (nSPS) is 20.8. The van der Waals surface area contributed by atoms with Crippen molar-refractivity contribution in [2.75, 3.05) is 41.3 Å². The van der Waals surface area contributed by atoms with Crippen LogP contribution < -0.4 is 0 Å². The van der Waals surface area contributed by atoms with Gasteiger partial charge in [-0.3, -0.25) is 4.79 Å². The second-order valence-corrected chi connectivity index (χ2v) is 6.36. The van der Waals surface area contributed by atoms with Gasteiger partial charge in [-0.25, -0.2) is 14.9 Å². The lowest BCUT2D eigenvalue weighted by Crippen LogP contribution is -2.39. The first-order chi connectivity index (χ1) is 10.8. The molecular weight excluding hydrogens is 292 g/mol. The van der Waals surface area contributed by atoms with Gasteiger partial charge in [0.15, 0.2) is 11.6 Å². The average molecular weight is 318 g/mol. The summed E-state index contributed by atoms with van der Waals surface area (Å²) >= 11 is 0. The maximum absolute atomic E-state index is 12.4. The number of benzene rings is 1. The van der Waals surface area contributed by atoms with Crippen LogP contribution in [0.4, 0.5) is 0 Å². The summed E-state index contributed by atoms with van der Waals surface area (Å²) in [5.41, 5.74) is 0.121. The van der Waals surface area contributed by atoms with E-state index in [0.717, 1.165) is 17.9 Å². The van der Waals surface area contributed by atoms with Crippen LogP contribution >= 0.6 is 0 Å². The van der Waals surface area contributed by atoms with Crippen LogP contribution in [-0.4, -0.2) is 73.6 Å². The van der Waals surface area contributed by atoms with Crippen LogP contribution in [-0.2, 0) is 9.63 Å². The number of amidine groups is 1. The van der Waals surface area contributed by atoms with E-state index in [9.17, 15) is 4.79 Å². The molecule has 1 unspecified atom stereocenters. The van der Waals surface area contributed by atoms with Crippen molar-refractivity contribution in [1.29, 1.82) is 0 Å². The number of hydroxylamine groups is 2.